The van der Waals surface area contributed by atoms with Crippen LogP contribution in [0.2, 0.25) is 0 Å². The first-order valence-electron chi connectivity index (χ1n) is 19.4. The highest BCUT2D eigenvalue weighted by Gasteiger charge is 2.39. The summed E-state index contributed by atoms with van der Waals surface area (Å²) in [5.41, 5.74) is 8.74. The molecular formula is C42H50N8O7. The van der Waals surface area contributed by atoms with Crippen LogP contribution in [-0.4, -0.2) is 100 Å². The second-order valence-corrected chi connectivity index (χ2v) is 14.6. The molecule has 15 heteroatoms. The molecule has 3 aromatic carbocycles. The number of nitrogens with zero attached hydrogens (tertiary/aromatic N) is 1. The van der Waals surface area contributed by atoms with Gasteiger partial charge in [-0.05, 0) is 73.5 Å². The predicted octanol–water partition coefficient (Wildman–Crippen LogP) is 1.09. The lowest BCUT2D eigenvalue weighted by Crippen LogP contribution is -2.60. The largest absolute Gasteiger partial charge is 0.508 e. The number of para-hydroxylation sites is 1. The molecule has 2 aliphatic heterocycles. The minimum absolute atomic E-state index is 0.00888. The van der Waals surface area contributed by atoms with E-state index >= 15 is 0 Å². The molecule has 15 nitrogen and oxygen atoms in total. The van der Waals surface area contributed by atoms with E-state index in [4.69, 9.17) is 5.73 Å². The van der Waals surface area contributed by atoms with Gasteiger partial charge in [-0.1, -0.05) is 60.7 Å². The fourth-order valence-corrected chi connectivity index (χ4v) is 7.47. The lowest BCUT2D eigenvalue weighted by Gasteiger charge is -2.31. The third-order valence-corrected chi connectivity index (χ3v) is 10.5. The number of carbonyl (C=O) groups excluding carboxylic acids is 6. The molecular weight excluding hydrogens is 729 g/mol. The average molecular weight is 779 g/mol. The van der Waals surface area contributed by atoms with Crippen LogP contribution in [0.15, 0.2) is 85.1 Å². The van der Waals surface area contributed by atoms with Gasteiger partial charge in [0, 0.05) is 42.9 Å². The Kier molecular flexibility index (Phi) is 13.5. The molecule has 300 valence electrons. The number of aromatic amines is 1. The first-order chi connectivity index (χ1) is 27.6. The molecule has 4 aromatic rings. The Bertz CT molecular complexity index is 2050. The quantitative estimate of drug-likeness (QED) is 0.109. The number of phenols is 1. The zero-order valence-corrected chi connectivity index (χ0v) is 31.7. The van der Waals surface area contributed by atoms with E-state index < -0.39 is 72.2 Å². The van der Waals surface area contributed by atoms with Crippen LogP contribution >= 0.6 is 0 Å². The third-order valence-electron chi connectivity index (χ3n) is 10.5. The van der Waals surface area contributed by atoms with Crippen molar-refractivity contribution >= 4 is 46.3 Å². The number of aromatic hydroxyl groups is 1. The number of benzene rings is 3. The maximum absolute atomic E-state index is 14.4. The van der Waals surface area contributed by atoms with Crippen LogP contribution in [0.25, 0.3) is 10.9 Å². The van der Waals surface area contributed by atoms with Gasteiger partial charge in [-0.2, -0.15) is 0 Å². The average Bonchev–Trinajstić information content (AvgIpc) is 3.87. The van der Waals surface area contributed by atoms with Crippen molar-refractivity contribution in [2.24, 2.45) is 5.73 Å². The number of hydrogen-bond acceptors (Lipinski definition) is 8. The molecule has 0 unspecified atom stereocenters. The summed E-state index contributed by atoms with van der Waals surface area (Å²) in [5, 5.41) is 24.6. The van der Waals surface area contributed by atoms with E-state index in [1.54, 1.807) is 18.3 Å². The van der Waals surface area contributed by atoms with Gasteiger partial charge in [-0.25, -0.2) is 0 Å². The van der Waals surface area contributed by atoms with E-state index in [0.29, 0.717) is 37.8 Å². The highest BCUT2D eigenvalue weighted by Crippen LogP contribution is 2.22. The fourth-order valence-electron chi connectivity index (χ4n) is 7.47. The standard InChI is InChI=1S/C42H50N8O7/c43-19-7-6-13-32-38(53)49-35(22-26-9-2-1-3-10-26)42(57)50-20-8-14-36(50)41(56)45-25-37(52)46-33(21-27-15-17-29(51)18-16-27)39(54)48-34(40(55)47-32)23-28-24-44-31-12-5-4-11-30(28)31/h1-5,9-12,15-18,24,32-36,44,51H,6-8,13-14,19-23,25,43H2,(H,45,56)(H,46,52)(H,47,55)(H,48,54)(H,49,53)/t32-,33-,34-,35-,36-/m0/s1. The lowest BCUT2D eigenvalue weighted by atomic mass is 10.0. The van der Waals surface area contributed by atoms with E-state index in [0.717, 1.165) is 22.0 Å². The molecule has 0 saturated carbocycles. The van der Waals surface area contributed by atoms with Crippen molar-refractivity contribution < 1.29 is 33.9 Å². The zero-order chi connectivity index (χ0) is 40.3. The number of H-pyrrole nitrogens is 1. The second kappa shape index (κ2) is 19.1. The molecule has 0 radical (unpaired) electrons. The number of nitrogens with one attached hydrogen (secondary N) is 6. The van der Waals surface area contributed by atoms with Crippen molar-refractivity contribution in [3.05, 3.63) is 102 Å². The van der Waals surface area contributed by atoms with Crippen LogP contribution in [0.1, 0.15) is 48.8 Å². The topological polar surface area (TPSA) is 228 Å². The normalized spacial score (nSPS) is 22.8. The van der Waals surface area contributed by atoms with Gasteiger partial charge in [0.05, 0.1) is 6.54 Å². The van der Waals surface area contributed by atoms with Crippen LogP contribution in [0.4, 0.5) is 0 Å². The van der Waals surface area contributed by atoms with Gasteiger partial charge in [-0.15, -0.1) is 0 Å². The van der Waals surface area contributed by atoms with E-state index in [9.17, 15) is 33.9 Å². The summed E-state index contributed by atoms with van der Waals surface area (Å²) in [7, 11) is 0. The summed E-state index contributed by atoms with van der Waals surface area (Å²) in [6.07, 6.45) is 4.05. The summed E-state index contributed by atoms with van der Waals surface area (Å²) >= 11 is 0. The Morgan fingerprint density at radius 2 is 1.30 bits per heavy atom. The Morgan fingerprint density at radius 1 is 0.667 bits per heavy atom. The molecule has 2 fully saturated rings. The summed E-state index contributed by atoms with van der Waals surface area (Å²) in [4.78, 5) is 88.8. The molecule has 9 N–H and O–H groups in total. The van der Waals surface area contributed by atoms with Crippen molar-refractivity contribution in [3.63, 3.8) is 0 Å². The number of unbranched alkanes of at least 4 members (excludes halogenated alkanes) is 1. The molecule has 3 heterocycles. The van der Waals surface area contributed by atoms with Crippen molar-refractivity contribution in [3.8, 4) is 5.75 Å². The molecule has 6 rings (SSSR count). The lowest BCUT2D eigenvalue weighted by molar-refractivity contribution is -0.142. The zero-order valence-electron chi connectivity index (χ0n) is 31.7. The number of aromatic nitrogens is 1. The summed E-state index contributed by atoms with van der Waals surface area (Å²) in [6.45, 7) is 0.152. The number of fused-ring (bicyclic) bond motifs is 2. The molecule has 0 aliphatic carbocycles. The molecule has 5 atom stereocenters. The van der Waals surface area contributed by atoms with Crippen LogP contribution in [0, 0.1) is 0 Å². The second-order valence-electron chi connectivity index (χ2n) is 14.6. The Hall–Kier alpha value is -6.22. The van der Waals surface area contributed by atoms with Crippen LogP contribution in [0.5, 0.6) is 5.75 Å². The SMILES string of the molecule is NCCCC[C@@H]1NC(=O)[C@H](Cc2c[nH]c3ccccc23)NC(=O)[C@H](Cc2ccc(O)cc2)NC(=O)CNC(=O)[C@@H]2CCCN2C(=O)[C@H](Cc2ccccc2)NC1=O. The molecule has 2 aliphatic rings. The van der Waals surface area contributed by atoms with E-state index in [1.807, 2.05) is 54.6 Å². The Morgan fingerprint density at radius 3 is 2.05 bits per heavy atom. The number of nitrogens with two attached hydrogens (primary N) is 1. The molecule has 57 heavy (non-hydrogen) atoms. The van der Waals surface area contributed by atoms with Crippen molar-refractivity contribution in [1.82, 2.24) is 36.5 Å². The Balaban J connectivity index is 1.36. The van der Waals surface area contributed by atoms with Crippen LogP contribution in [-0.2, 0) is 48.0 Å². The number of rotatable bonds is 10. The van der Waals surface area contributed by atoms with Gasteiger partial charge in [0.15, 0.2) is 0 Å². The molecule has 1 aromatic heterocycles. The van der Waals surface area contributed by atoms with Crippen molar-refractivity contribution in [1.29, 1.82) is 0 Å². The smallest absolute Gasteiger partial charge is 0.246 e. The monoisotopic (exact) mass is 778 g/mol. The predicted molar refractivity (Wildman–Crippen MR) is 212 cm³/mol. The third kappa shape index (κ3) is 10.6. The van der Waals surface area contributed by atoms with Crippen LogP contribution < -0.4 is 32.3 Å². The van der Waals surface area contributed by atoms with Gasteiger partial charge in [0.1, 0.15) is 36.0 Å². The highest BCUT2D eigenvalue weighted by atomic mass is 16.3. The molecule has 0 spiro atoms. The molecule has 0 bridgehead atoms. The van der Waals surface area contributed by atoms with Gasteiger partial charge < -0.3 is 47.3 Å². The van der Waals surface area contributed by atoms with E-state index in [1.165, 1.54) is 17.0 Å². The minimum atomic E-state index is -1.22. The van der Waals surface area contributed by atoms with Gasteiger partial charge in [-0.3, -0.25) is 28.8 Å². The highest BCUT2D eigenvalue weighted by molar-refractivity contribution is 5.98. The van der Waals surface area contributed by atoms with E-state index in [-0.39, 0.29) is 38.0 Å². The molecule has 6 amide bonds. The fraction of sp³-hybridized carbons (Fsp3) is 0.381. The van der Waals surface area contributed by atoms with Crippen molar-refractivity contribution in [2.75, 3.05) is 19.6 Å². The number of hydrogen-bond donors (Lipinski definition) is 8. The summed E-state index contributed by atoms with van der Waals surface area (Å²) in [6, 6.07) is 17.3. The first-order valence-corrected chi connectivity index (χ1v) is 19.4. The van der Waals surface area contributed by atoms with Gasteiger partial charge in [0.25, 0.3) is 0 Å². The van der Waals surface area contributed by atoms with E-state index in [2.05, 4.69) is 31.6 Å². The number of carbonyl (C=O) groups is 6. The Labute approximate surface area is 330 Å². The summed E-state index contributed by atoms with van der Waals surface area (Å²) in [5.74, 6) is -3.55. The number of amides is 6. The van der Waals surface area contributed by atoms with Gasteiger partial charge >= 0.3 is 0 Å². The van der Waals surface area contributed by atoms with Crippen molar-refractivity contribution in [2.45, 2.75) is 81.6 Å². The first kappa shape index (κ1) is 40.4. The van der Waals surface area contributed by atoms with Crippen LogP contribution in [0.3, 0.4) is 0 Å². The molecule has 2 saturated heterocycles. The minimum Gasteiger partial charge on any atom is -0.508 e. The summed E-state index contributed by atoms with van der Waals surface area (Å²) < 4.78 is 0. The number of phenolic OH excluding ortho intramolecular Hbond substituents is 1. The van der Waals surface area contributed by atoms with Gasteiger partial charge in [0.2, 0.25) is 35.4 Å². The maximum atomic E-state index is 14.4. The maximum Gasteiger partial charge on any atom is 0.246 e.